The van der Waals surface area contributed by atoms with Crippen LogP contribution in [0.4, 0.5) is 0 Å². The Labute approximate surface area is 102 Å². The van der Waals surface area contributed by atoms with Crippen LogP contribution in [0.15, 0.2) is 24.3 Å². The average molecular weight is 237 g/mol. The zero-order valence-corrected chi connectivity index (χ0v) is 10.3. The number of carbonyl (C=O) groups is 1. The lowest BCUT2D eigenvalue weighted by atomic mass is 10.1. The van der Waals surface area contributed by atoms with Crippen molar-refractivity contribution >= 4 is 5.91 Å². The first kappa shape index (κ1) is 13.5. The van der Waals surface area contributed by atoms with Gasteiger partial charge < -0.3 is 15.2 Å². The molecule has 0 heterocycles. The average Bonchev–Trinajstić information content (AvgIpc) is 2.36. The van der Waals surface area contributed by atoms with Gasteiger partial charge in [0.2, 0.25) is 0 Å². The first-order valence-corrected chi connectivity index (χ1v) is 5.80. The fourth-order valence-corrected chi connectivity index (χ4v) is 1.36. The lowest BCUT2D eigenvalue weighted by molar-refractivity contribution is 0.0938. The number of aliphatic hydroxyl groups excluding tert-OH is 1. The third-order valence-corrected chi connectivity index (χ3v) is 2.35. The predicted octanol–water partition coefficient (Wildman–Crippen LogP) is 1.44. The van der Waals surface area contributed by atoms with Gasteiger partial charge in [-0.15, -0.1) is 0 Å². The van der Waals surface area contributed by atoms with Crippen molar-refractivity contribution in [3.63, 3.8) is 0 Å². The summed E-state index contributed by atoms with van der Waals surface area (Å²) in [6, 6.07) is 7.13. The molecule has 0 aromatic heterocycles. The molecular formula is C13H19NO3. The van der Waals surface area contributed by atoms with Gasteiger partial charge >= 0.3 is 0 Å². The van der Waals surface area contributed by atoms with Crippen molar-refractivity contribution in [2.24, 2.45) is 5.92 Å². The SMILES string of the molecule is CCOc1ccccc1C(=O)NCC(C)CO. The Hall–Kier alpha value is -1.55. The second kappa shape index (κ2) is 6.91. The molecule has 0 spiro atoms. The van der Waals surface area contributed by atoms with E-state index in [0.717, 1.165) is 0 Å². The maximum absolute atomic E-state index is 11.9. The number of aliphatic hydroxyl groups is 1. The highest BCUT2D eigenvalue weighted by Crippen LogP contribution is 2.17. The van der Waals surface area contributed by atoms with E-state index < -0.39 is 0 Å². The number of hydrogen-bond donors (Lipinski definition) is 2. The van der Waals surface area contributed by atoms with Gasteiger partial charge in [-0.05, 0) is 25.0 Å². The number of hydrogen-bond acceptors (Lipinski definition) is 3. The molecule has 1 rings (SSSR count). The maximum atomic E-state index is 11.9. The summed E-state index contributed by atoms with van der Waals surface area (Å²) in [6.07, 6.45) is 0. The Morgan fingerprint density at radius 1 is 1.47 bits per heavy atom. The Morgan fingerprint density at radius 3 is 2.82 bits per heavy atom. The molecule has 1 amide bonds. The maximum Gasteiger partial charge on any atom is 0.255 e. The highest BCUT2D eigenvalue weighted by Gasteiger charge is 2.12. The quantitative estimate of drug-likeness (QED) is 0.787. The van der Waals surface area contributed by atoms with E-state index in [9.17, 15) is 4.79 Å². The van der Waals surface area contributed by atoms with E-state index in [0.29, 0.717) is 24.5 Å². The third-order valence-electron chi connectivity index (χ3n) is 2.35. The topological polar surface area (TPSA) is 58.6 Å². The van der Waals surface area contributed by atoms with Gasteiger partial charge in [0.1, 0.15) is 5.75 Å². The number of rotatable bonds is 6. The molecule has 0 bridgehead atoms. The molecule has 0 radical (unpaired) electrons. The van der Waals surface area contributed by atoms with E-state index in [1.807, 2.05) is 19.9 Å². The smallest absolute Gasteiger partial charge is 0.255 e. The number of amides is 1. The molecule has 17 heavy (non-hydrogen) atoms. The zero-order chi connectivity index (χ0) is 12.7. The minimum Gasteiger partial charge on any atom is -0.493 e. The van der Waals surface area contributed by atoms with Crippen LogP contribution < -0.4 is 10.1 Å². The van der Waals surface area contributed by atoms with Gasteiger partial charge in [0.25, 0.3) is 5.91 Å². The molecule has 94 valence electrons. The Bertz CT molecular complexity index is 365. The van der Waals surface area contributed by atoms with Gasteiger partial charge in [-0.3, -0.25) is 4.79 Å². The van der Waals surface area contributed by atoms with Crippen LogP contribution in [-0.4, -0.2) is 30.8 Å². The van der Waals surface area contributed by atoms with E-state index in [-0.39, 0.29) is 18.4 Å². The van der Waals surface area contributed by atoms with E-state index in [1.165, 1.54) is 0 Å². The third kappa shape index (κ3) is 4.07. The standard InChI is InChI=1S/C13H19NO3/c1-3-17-12-7-5-4-6-11(12)13(16)14-8-10(2)9-15/h4-7,10,15H,3,8-9H2,1-2H3,(H,14,16). The van der Waals surface area contributed by atoms with Gasteiger partial charge in [-0.25, -0.2) is 0 Å². The van der Waals surface area contributed by atoms with Crippen LogP contribution in [0.5, 0.6) is 5.75 Å². The second-order valence-corrected chi connectivity index (χ2v) is 3.93. The summed E-state index contributed by atoms with van der Waals surface area (Å²) in [5.74, 6) is 0.469. The summed E-state index contributed by atoms with van der Waals surface area (Å²) < 4.78 is 5.38. The molecule has 1 unspecified atom stereocenters. The van der Waals surface area contributed by atoms with Gasteiger partial charge in [-0.1, -0.05) is 19.1 Å². The second-order valence-electron chi connectivity index (χ2n) is 3.93. The molecule has 4 heteroatoms. The molecule has 0 aliphatic rings. The lowest BCUT2D eigenvalue weighted by Crippen LogP contribution is -2.29. The fourth-order valence-electron chi connectivity index (χ4n) is 1.36. The Balaban J connectivity index is 2.67. The van der Waals surface area contributed by atoms with Crippen LogP contribution in [0.1, 0.15) is 24.2 Å². The zero-order valence-electron chi connectivity index (χ0n) is 10.3. The summed E-state index contributed by atoms with van der Waals surface area (Å²) in [7, 11) is 0. The van der Waals surface area contributed by atoms with E-state index in [1.54, 1.807) is 18.2 Å². The Kier molecular flexibility index (Phi) is 5.49. The van der Waals surface area contributed by atoms with Crippen molar-refractivity contribution in [3.05, 3.63) is 29.8 Å². The van der Waals surface area contributed by atoms with Crippen LogP contribution in [-0.2, 0) is 0 Å². The number of nitrogens with one attached hydrogen (secondary N) is 1. The molecule has 0 fully saturated rings. The predicted molar refractivity (Wildman–Crippen MR) is 66.2 cm³/mol. The van der Waals surface area contributed by atoms with E-state index in [4.69, 9.17) is 9.84 Å². The Morgan fingerprint density at radius 2 is 2.18 bits per heavy atom. The van der Waals surface area contributed by atoms with Crippen LogP contribution in [0.3, 0.4) is 0 Å². The van der Waals surface area contributed by atoms with E-state index in [2.05, 4.69) is 5.32 Å². The first-order valence-electron chi connectivity index (χ1n) is 5.80. The van der Waals surface area contributed by atoms with Crippen molar-refractivity contribution in [1.29, 1.82) is 0 Å². The fraction of sp³-hybridized carbons (Fsp3) is 0.462. The molecule has 1 atom stereocenters. The molecule has 1 aromatic rings. The molecule has 2 N–H and O–H groups in total. The summed E-state index contributed by atoms with van der Waals surface area (Å²) >= 11 is 0. The molecule has 0 saturated heterocycles. The summed E-state index contributed by atoms with van der Waals surface area (Å²) in [6.45, 7) is 4.79. The van der Waals surface area contributed by atoms with Gasteiger partial charge in [-0.2, -0.15) is 0 Å². The van der Waals surface area contributed by atoms with Crippen LogP contribution >= 0.6 is 0 Å². The molecule has 0 saturated carbocycles. The molecule has 0 aliphatic heterocycles. The summed E-state index contributed by atoms with van der Waals surface area (Å²) in [5.41, 5.74) is 0.527. The molecule has 1 aromatic carbocycles. The normalized spacial score (nSPS) is 11.9. The summed E-state index contributed by atoms with van der Waals surface area (Å²) in [5, 5.41) is 11.7. The van der Waals surface area contributed by atoms with Gasteiger partial charge in [0, 0.05) is 13.2 Å². The summed E-state index contributed by atoms with van der Waals surface area (Å²) in [4.78, 5) is 11.9. The minimum atomic E-state index is -0.172. The largest absolute Gasteiger partial charge is 0.493 e. The molecule has 4 nitrogen and oxygen atoms in total. The molecular weight excluding hydrogens is 218 g/mol. The van der Waals surface area contributed by atoms with Crippen molar-refractivity contribution < 1.29 is 14.6 Å². The van der Waals surface area contributed by atoms with Crippen molar-refractivity contribution in [2.45, 2.75) is 13.8 Å². The number of carbonyl (C=O) groups excluding carboxylic acids is 1. The minimum absolute atomic E-state index is 0.0539. The monoisotopic (exact) mass is 237 g/mol. The van der Waals surface area contributed by atoms with Crippen LogP contribution in [0, 0.1) is 5.92 Å². The van der Waals surface area contributed by atoms with Crippen LogP contribution in [0.25, 0.3) is 0 Å². The highest BCUT2D eigenvalue weighted by molar-refractivity contribution is 5.96. The molecule has 0 aliphatic carbocycles. The van der Waals surface area contributed by atoms with Gasteiger partial charge in [0.15, 0.2) is 0 Å². The number of para-hydroxylation sites is 1. The van der Waals surface area contributed by atoms with E-state index >= 15 is 0 Å². The van der Waals surface area contributed by atoms with Crippen LogP contribution in [0.2, 0.25) is 0 Å². The van der Waals surface area contributed by atoms with Crippen molar-refractivity contribution in [2.75, 3.05) is 19.8 Å². The number of ether oxygens (including phenoxy) is 1. The van der Waals surface area contributed by atoms with Gasteiger partial charge in [0.05, 0.1) is 12.2 Å². The van der Waals surface area contributed by atoms with Crippen molar-refractivity contribution in [1.82, 2.24) is 5.32 Å². The lowest BCUT2D eigenvalue weighted by Gasteiger charge is -2.12. The highest BCUT2D eigenvalue weighted by atomic mass is 16.5. The first-order chi connectivity index (χ1) is 8.19. The van der Waals surface area contributed by atoms with Crippen molar-refractivity contribution in [3.8, 4) is 5.75 Å². The number of benzene rings is 1.